The lowest BCUT2D eigenvalue weighted by Crippen LogP contribution is -2.24. The molecule has 1 aliphatic rings. The average molecular weight is 599 g/mol. The van der Waals surface area contributed by atoms with Crippen LogP contribution in [0.25, 0.3) is 44.3 Å². The highest BCUT2D eigenvalue weighted by atomic mass is 16.5. The summed E-state index contributed by atoms with van der Waals surface area (Å²) in [5.41, 5.74) is 13.0. The zero-order chi connectivity index (χ0) is 31.4. The lowest BCUT2D eigenvalue weighted by Gasteiger charge is -2.23. The van der Waals surface area contributed by atoms with Crippen molar-refractivity contribution in [3.8, 4) is 34.0 Å². The summed E-state index contributed by atoms with van der Waals surface area (Å²) >= 11 is 0. The molecule has 0 bridgehead atoms. The molecule has 0 radical (unpaired) electrons. The first-order valence-electron chi connectivity index (χ1n) is 15.7. The van der Waals surface area contributed by atoms with Crippen molar-refractivity contribution in [2.24, 2.45) is 0 Å². The van der Waals surface area contributed by atoms with Gasteiger partial charge in [0.15, 0.2) is 0 Å². The van der Waals surface area contributed by atoms with Gasteiger partial charge in [-0.25, -0.2) is 9.97 Å². The van der Waals surface area contributed by atoms with Crippen molar-refractivity contribution in [2.45, 2.75) is 20.8 Å². The minimum absolute atomic E-state index is 0.745. The molecule has 5 nitrogen and oxygen atoms in total. The van der Waals surface area contributed by atoms with Gasteiger partial charge in [0.25, 0.3) is 0 Å². The predicted molar refractivity (Wildman–Crippen MR) is 190 cm³/mol. The van der Waals surface area contributed by atoms with Crippen LogP contribution in [-0.4, -0.2) is 23.7 Å². The number of aromatic nitrogens is 2. The Labute approximate surface area is 269 Å². The van der Waals surface area contributed by atoms with Gasteiger partial charge in [0.1, 0.15) is 11.5 Å². The highest BCUT2D eigenvalue weighted by molar-refractivity contribution is 5.90. The molecule has 2 aromatic heterocycles. The van der Waals surface area contributed by atoms with Gasteiger partial charge < -0.3 is 14.5 Å². The third kappa shape index (κ3) is 4.90. The first-order valence-corrected chi connectivity index (χ1v) is 15.7. The van der Waals surface area contributed by atoms with Crippen LogP contribution in [0.4, 0.5) is 17.1 Å². The number of para-hydroxylation sites is 4. The Kier molecular flexibility index (Phi) is 6.68. The minimum Gasteiger partial charge on any atom is -0.456 e. The van der Waals surface area contributed by atoms with Gasteiger partial charge in [-0.1, -0.05) is 66.2 Å². The van der Waals surface area contributed by atoms with Crippen LogP contribution in [0.15, 0.2) is 121 Å². The number of hydrogen-bond acceptors (Lipinski definition) is 5. The van der Waals surface area contributed by atoms with Crippen LogP contribution < -0.4 is 14.5 Å². The molecule has 0 unspecified atom stereocenters. The number of pyridine rings is 2. The Morgan fingerprint density at radius 1 is 0.630 bits per heavy atom. The Morgan fingerprint density at radius 3 is 2.15 bits per heavy atom. The minimum atomic E-state index is 0.745. The summed E-state index contributed by atoms with van der Waals surface area (Å²) in [5, 5.41) is 2.05. The summed E-state index contributed by atoms with van der Waals surface area (Å²) < 4.78 is 6.91. The van der Waals surface area contributed by atoms with Gasteiger partial charge in [-0.2, -0.15) is 0 Å². The highest BCUT2D eigenvalue weighted by Crippen LogP contribution is 2.44. The van der Waals surface area contributed by atoms with Crippen LogP contribution in [0.2, 0.25) is 0 Å². The van der Waals surface area contributed by atoms with E-state index in [0.29, 0.717) is 0 Å². The van der Waals surface area contributed by atoms with Crippen LogP contribution in [-0.2, 0) is 0 Å². The third-order valence-electron chi connectivity index (χ3n) is 8.87. The van der Waals surface area contributed by atoms with Crippen molar-refractivity contribution in [1.82, 2.24) is 9.97 Å². The van der Waals surface area contributed by atoms with Crippen molar-refractivity contribution in [3.05, 3.63) is 138 Å². The zero-order valence-corrected chi connectivity index (χ0v) is 26.5. The van der Waals surface area contributed by atoms with E-state index < -0.39 is 0 Å². The molecular weight excluding hydrogens is 564 g/mol. The van der Waals surface area contributed by atoms with Gasteiger partial charge in [0.2, 0.25) is 0 Å². The number of nitrogens with zero attached hydrogens (tertiary/aromatic N) is 4. The predicted octanol–water partition coefficient (Wildman–Crippen LogP) is 10.4. The van der Waals surface area contributed by atoms with Crippen molar-refractivity contribution < 1.29 is 4.74 Å². The number of anilines is 3. The van der Waals surface area contributed by atoms with Gasteiger partial charge in [-0.15, -0.1) is 0 Å². The van der Waals surface area contributed by atoms with Gasteiger partial charge in [-0.05, 0) is 91.6 Å². The molecule has 0 atom stereocenters. The normalized spacial score (nSPS) is 12.6. The Bertz CT molecular complexity index is 2270. The van der Waals surface area contributed by atoms with Crippen LogP contribution in [0.3, 0.4) is 0 Å². The fourth-order valence-corrected chi connectivity index (χ4v) is 6.87. The molecule has 7 aromatic rings. The number of aryl methyl sites for hydroxylation is 3. The highest BCUT2D eigenvalue weighted by Gasteiger charge is 2.25. The van der Waals surface area contributed by atoms with E-state index in [0.717, 1.165) is 62.6 Å². The molecule has 5 heteroatoms. The lowest BCUT2D eigenvalue weighted by atomic mass is 9.93. The van der Waals surface area contributed by atoms with E-state index in [4.69, 9.17) is 14.7 Å². The largest absolute Gasteiger partial charge is 0.456 e. The van der Waals surface area contributed by atoms with E-state index in [9.17, 15) is 0 Å². The molecule has 0 N–H and O–H groups in total. The zero-order valence-electron chi connectivity index (χ0n) is 26.5. The first-order chi connectivity index (χ1) is 22.4. The van der Waals surface area contributed by atoms with Crippen LogP contribution in [0.1, 0.15) is 16.7 Å². The van der Waals surface area contributed by atoms with Crippen molar-refractivity contribution in [2.75, 3.05) is 23.5 Å². The fraction of sp³-hybridized carbons (Fsp3) is 0.122. The maximum absolute atomic E-state index is 6.91. The van der Waals surface area contributed by atoms with Gasteiger partial charge in [0, 0.05) is 35.6 Å². The number of fused-ring (bicyclic) bond motifs is 3. The second kappa shape index (κ2) is 11.0. The molecular formula is C41H34N4O. The molecule has 0 saturated carbocycles. The van der Waals surface area contributed by atoms with E-state index in [2.05, 4.69) is 110 Å². The molecule has 8 rings (SSSR count). The van der Waals surface area contributed by atoms with Crippen molar-refractivity contribution in [3.63, 3.8) is 0 Å². The molecule has 0 amide bonds. The number of rotatable bonds is 5. The smallest absolute Gasteiger partial charge is 0.139 e. The fourth-order valence-electron chi connectivity index (χ4n) is 6.87. The van der Waals surface area contributed by atoms with E-state index in [1.165, 1.54) is 33.6 Å². The first kappa shape index (κ1) is 27.8. The summed E-state index contributed by atoms with van der Waals surface area (Å²) in [7, 11) is 2.14. The number of hydrogen-bond donors (Lipinski definition) is 0. The summed E-state index contributed by atoms with van der Waals surface area (Å²) in [6, 6.07) is 42.2. The van der Waals surface area contributed by atoms with E-state index >= 15 is 0 Å². The summed E-state index contributed by atoms with van der Waals surface area (Å²) in [6.07, 6.45) is 0. The van der Waals surface area contributed by atoms with E-state index in [-0.39, 0.29) is 0 Å². The molecule has 224 valence electrons. The number of benzene rings is 5. The number of ether oxygens (including phenoxy) is 1. The molecule has 0 saturated heterocycles. The summed E-state index contributed by atoms with van der Waals surface area (Å²) in [6.45, 7) is 7.30. The summed E-state index contributed by atoms with van der Waals surface area (Å²) in [4.78, 5) is 14.6. The molecule has 0 fully saturated rings. The molecule has 46 heavy (non-hydrogen) atoms. The van der Waals surface area contributed by atoms with Crippen molar-refractivity contribution >= 4 is 38.9 Å². The van der Waals surface area contributed by atoms with Crippen molar-refractivity contribution in [1.29, 1.82) is 0 Å². The molecule has 3 heterocycles. The lowest BCUT2D eigenvalue weighted by molar-refractivity contribution is 0.488. The standard InChI is InChI=1S/C41H34N4O/c1-26-19-27(2)41(28(3)20-26)30-21-31(45-25-44(4)38-15-9-10-16-39(38)45)23-32(22-30)46-40-24-37(43-35-14-8-6-12-33(35)40)36-18-17-29-11-5-7-13-34(29)42-36/h5-24H,25H2,1-4H3. The van der Waals surface area contributed by atoms with Gasteiger partial charge >= 0.3 is 0 Å². The quantitative estimate of drug-likeness (QED) is 0.197. The monoisotopic (exact) mass is 598 g/mol. The molecule has 5 aromatic carbocycles. The Morgan fingerprint density at radius 2 is 1.33 bits per heavy atom. The van der Waals surface area contributed by atoms with Crippen LogP contribution in [0, 0.1) is 20.8 Å². The van der Waals surface area contributed by atoms with E-state index in [1.807, 2.05) is 48.5 Å². The maximum Gasteiger partial charge on any atom is 0.139 e. The Hall–Kier alpha value is -5.68. The molecule has 0 spiro atoms. The summed E-state index contributed by atoms with van der Waals surface area (Å²) in [5.74, 6) is 1.52. The van der Waals surface area contributed by atoms with Gasteiger partial charge in [-0.3, -0.25) is 0 Å². The van der Waals surface area contributed by atoms with Gasteiger partial charge in [0.05, 0.1) is 40.5 Å². The molecule has 1 aliphatic heterocycles. The van der Waals surface area contributed by atoms with E-state index in [1.54, 1.807) is 0 Å². The second-order valence-electron chi connectivity index (χ2n) is 12.3. The van der Waals surface area contributed by atoms with Crippen LogP contribution in [0.5, 0.6) is 11.5 Å². The second-order valence-corrected chi connectivity index (χ2v) is 12.3. The Balaban J connectivity index is 1.29. The third-order valence-corrected chi connectivity index (χ3v) is 8.87. The van der Waals surface area contributed by atoms with Crippen LogP contribution >= 0.6 is 0 Å². The average Bonchev–Trinajstić information content (AvgIpc) is 3.40. The maximum atomic E-state index is 6.91. The SMILES string of the molecule is Cc1cc(C)c(-c2cc(Oc3cc(-c4ccc5ccccc5n4)nc4ccccc34)cc(N3CN(C)c4ccccc43)c2)c(C)c1. The molecule has 0 aliphatic carbocycles. The topological polar surface area (TPSA) is 41.5 Å².